The number of alkyl halides is 1. The monoisotopic (exact) mass is 261 g/mol. The largest absolute Gasteiger partial charge is 0.496 e. The van der Waals surface area contributed by atoms with Gasteiger partial charge in [0.2, 0.25) is 0 Å². The zero-order chi connectivity index (χ0) is 10.6. The third-order valence-corrected chi connectivity index (χ3v) is 2.45. The van der Waals surface area contributed by atoms with Crippen molar-refractivity contribution in [1.82, 2.24) is 0 Å². The van der Waals surface area contributed by atoms with Crippen LogP contribution in [0, 0.1) is 0 Å². The predicted octanol–water partition coefficient (Wildman–Crippen LogP) is 2.82. The minimum Gasteiger partial charge on any atom is -0.496 e. The number of hydrogen-bond donors (Lipinski definition) is 1. The van der Waals surface area contributed by atoms with Crippen LogP contribution in [-0.4, -0.2) is 13.7 Å². The molecule has 1 rings (SSSR count). The van der Waals surface area contributed by atoms with E-state index in [4.69, 9.17) is 10.5 Å². The third kappa shape index (κ3) is 2.69. The van der Waals surface area contributed by atoms with Gasteiger partial charge >= 0.3 is 0 Å². The van der Waals surface area contributed by atoms with Gasteiger partial charge in [0.25, 0.3) is 0 Å². The number of ether oxygens (including phenoxy) is 1. The maximum Gasteiger partial charge on any atom is 0.130 e. The highest BCUT2D eigenvalue weighted by atomic mass is 79.9. The normalized spacial score (nSPS) is 12.6. The van der Waals surface area contributed by atoms with E-state index in [9.17, 15) is 4.39 Å². The van der Waals surface area contributed by atoms with Crippen molar-refractivity contribution in [3.05, 3.63) is 28.2 Å². The van der Waals surface area contributed by atoms with Crippen LogP contribution in [-0.2, 0) is 0 Å². The molecular formula is C10H13BrFNO. The van der Waals surface area contributed by atoms with Crippen LogP contribution in [0.2, 0.25) is 0 Å². The first-order chi connectivity index (χ1) is 6.69. The van der Waals surface area contributed by atoms with E-state index in [1.54, 1.807) is 18.2 Å². The van der Waals surface area contributed by atoms with Crippen LogP contribution in [0.3, 0.4) is 0 Å². The number of nitrogens with two attached hydrogens (primary N) is 1. The first kappa shape index (κ1) is 11.5. The van der Waals surface area contributed by atoms with Gasteiger partial charge in [-0.05, 0) is 25.1 Å². The topological polar surface area (TPSA) is 35.2 Å². The van der Waals surface area contributed by atoms with Crippen molar-refractivity contribution in [3.63, 3.8) is 0 Å². The molecule has 0 radical (unpaired) electrons. The van der Waals surface area contributed by atoms with Crippen LogP contribution in [0.15, 0.2) is 22.7 Å². The van der Waals surface area contributed by atoms with Crippen molar-refractivity contribution in [2.45, 2.75) is 12.6 Å². The van der Waals surface area contributed by atoms with Crippen molar-refractivity contribution in [1.29, 1.82) is 0 Å². The summed E-state index contributed by atoms with van der Waals surface area (Å²) in [6.07, 6.45) is -0.735. The molecule has 1 aromatic carbocycles. The molecule has 0 aliphatic carbocycles. The molecule has 2 nitrogen and oxygen atoms in total. The maximum atomic E-state index is 13.5. The lowest BCUT2D eigenvalue weighted by Gasteiger charge is -2.12. The third-order valence-electron chi connectivity index (χ3n) is 1.95. The lowest BCUT2D eigenvalue weighted by Crippen LogP contribution is -2.04. The van der Waals surface area contributed by atoms with Gasteiger partial charge in [0.15, 0.2) is 0 Å². The molecule has 0 heterocycles. The standard InChI is InChI=1S/C10H13BrFNO/c1-14-10-6-7(11)2-3-8(10)9(12)4-5-13/h2-3,6,9H,4-5,13H2,1H3. The lowest BCUT2D eigenvalue weighted by atomic mass is 10.1. The van der Waals surface area contributed by atoms with Crippen LogP contribution >= 0.6 is 15.9 Å². The Morgan fingerprint density at radius 1 is 1.57 bits per heavy atom. The second-order valence-corrected chi connectivity index (χ2v) is 3.85. The quantitative estimate of drug-likeness (QED) is 0.905. The highest BCUT2D eigenvalue weighted by Crippen LogP contribution is 2.31. The zero-order valence-corrected chi connectivity index (χ0v) is 9.55. The van der Waals surface area contributed by atoms with Crippen molar-refractivity contribution >= 4 is 15.9 Å². The molecule has 0 aliphatic rings. The van der Waals surface area contributed by atoms with Gasteiger partial charge in [-0.3, -0.25) is 0 Å². The van der Waals surface area contributed by atoms with Gasteiger partial charge in [0, 0.05) is 10.0 Å². The summed E-state index contributed by atoms with van der Waals surface area (Å²) in [5.74, 6) is 0.556. The van der Waals surface area contributed by atoms with E-state index in [1.807, 2.05) is 0 Å². The van der Waals surface area contributed by atoms with Crippen LogP contribution in [0.5, 0.6) is 5.75 Å². The van der Waals surface area contributed by atoms with Gasteiger partial charge in [-0.1, -0.05) is 22.0 Å². The molecule has 1 unspecified atom stereocenters. The van der Waals surface area contributed by atoms with E-state index in [2.05, 4.69) is 15.9 Å². The number of methoxy groups -OCH3 is 1. The molecular weight excluding hydrogens is 249 g/mol. The zero-order valence-electron chi connectivity index (χ0n) is 7.97. The molecule has 1 aromatic rings. The van der Waals surface area contributed by atoms with Gasteiger partial charge in [-0.25, -0.2) is 4.39 Å². The average Bonchev–Trinajstić information content (AvgIpc) is 2.17. The minimum atomic E-state index is -1.05. The Morgan fingerprint density at radius 2 is 2.29 bits per heavy atom. The second kappa shape index (κ2) is 5.32. The fourth-order valence-electron chi connectivity index (χ4n) is 1.25. The maximum absolute atomic E-state index is 13.5. The Balaban J connectivity index is 2.95. The molecule has 0 spiro atoms. The van der Waals surface area contributed by atoms with E-state index in [-0.39, 0.29) is 0 Å². The van der Waals surface area contributed by atoms with E-state index in [1.165, 1.54) is 7.11 Å². The number of benzene rings is 1. The molecule has 0 amide bonds. The van der Waals surface area contributed by atoms with Crippen LogP contribution < -0.4 is 10.5 Å². The predicted molar refractivity (Wildman–Crippen MR) is 58.2 cm³/mol. The van der Waals surface area contributed by atoms with Crippen molar-refractivity contribution in [2.75, 3.05) is 13.7 Å². The summed E-state index contributed by atoms with van der Waals surface area (Å²) < 4.78 is 19.5. The SMILES string of the molecule is COc1cc(Br)ccc1C(F)CCN. The Bertz CT molecular complexity index is 306. The first-order valence-corrected chi connectivity index (χ1v) is 5.16. The Labute approximate surface area is 91.4 Å². The van der Waals surface area contributed by atoms with Gasteiger partial charge in [0.05, 0.1) is 7.11 Å². The van der Waals surface area contributed by atoms with Crippen LogP contribution in [0.1, 0.15) is 18.2 Å². The number of hydrogen-bond acceptors (Lipinski definition) is 2. The molecule has 0 saturated heterocycles. The van der Waals surface area contributed by atoms with E-state index in [0.717, 1.165) is 4.47 Å². The molecule has 1 atom stereocenters. The summed E-state index contributed by atoms with van der Waals surface area (Å²) in [6.45, 7) is 0.334. The average molecular weight is 262 g/mol. The van der Waals surface area contributed by atoms with Crippen molar-refractivity contribution in [3.8, 4) is 5.75 Å². The number of halogens is 2. The summed E-state index contributed by atoms with van der Waals surface area (Å²) in [6, 6.07) is 5.25. The molecule has 0 aliphatic heterocycles. The second-order valence-electron chi connectivity index (χ2n) is 2.93. The van der Waals surface area contributed by atoms with E-state index >= 15 is 0 Å². The molecule has 4 heteroatoms. The molecule has 0 bridgehead atoms. The summed E-state index contributed by atoms with van der Waals surface area (Å²) in [4.78, 5) is 0. The summed E-state index contributed by atoms with van der Waals surface area (Å²) in [5, 5.41) is 0. The van der Waals surface area contributed by atoms with Crippen molar-refractivity contribution < 1.29 is 9.13 Å². The van der Waals surface area contributed by atoms with Gasteiger partial charge in [-0.15, -0.1) is 0 Å². The fourth-order valence-corrected chi connectivity index (χ4v) is 1.59. The van der Waals surface area contributed by atoms with Gasteiger partial charge < -0.3 is 10.5 Å². The highest BCUT2D eigenvalue weighted by Gasteiger charge is 2.14. The molecule has 0 saturated carbocycles. The molecule has 0 fully saturated rings. The fraction of sp³-hybridized carbons (Fsp3) is 0.400. The smallest absolute Gasteiger partial charge is 0.130 e. The molecule has 0 aromatic heterocycles. The van der Waals surface area contributed by atoms with Gasteiger partial charge in [-0.2, -0.15) is 0 Å². The molecule has 2 N–H and O–H groups in total. The Kier molecular flexibility index (Phi) is 4.35. The highest BCUT2D eigenvalue weighted by molar-refractivity contribution is 9.10. The Morgan fingerprint density at radius 3 is 2.86 bits per heavy atom. The van der Waals surface area contributed by atoms with Crippen LogP contribution in [0.4, 0.5) is 4.39 Å². The summed E-state index contributed by atoms with van der Waals surface area (Å²) >= 11 is 3.30. The van der Waals surface area contributed by atoms with E-state index < -0.39 is 6.17 Å². The van der Waals surface area contributed by atoms with Crippen LogP contribution in [0.25, 0.3) is 0 Å². The first-order valence-electron chi connectivity index (χ1n) is 4.36. The Hall–Kier alpha value is -0.610. The summed E-state index contributed by atoms with van der Waals surface area (Å²) in [7, 11) is 1.53. The van der Waals surface area contributed by atoms with E-state index in [0.29, 0.717) is 24.3 Å². The lowest BCUT2D eigenvalue weighted by molar-refractivity contribution is 0.311. The number of rotatable bonds is 4. The summed E-state index contributed by atoms with van der Waals surface area (Å²) in [5.41, 5.74) is 5.85. The molecule has 14 heavy (non-hydrogen) atoms. The minimum absolute atomic E-state index is 0.317. The molecule has 78 valence electrons. The van der Waals surface area contributed by atoms with Crippen molar-refractivity contribution in [2.24, 2.45) is 5.73 Å². The van der Waals surface area contributed by atoms with Gasteiger partial charge in [0.1, 0.15) is 11.9 Å².